The predicted molar refractivity (Wildman–Crippen MR) is 64.7 cm³/mol. The van der Waals surface area contributed by atoms with Crippen LogP contribution in [0, 0.1) is 11.3 Å². The van der Waals surface area contributed by atoms with Gasteiger partial charge < -0.3 is 0 Å². The van der Waals surface area contributed by atoms with Gasteiger partial charge in [-0.15, -0.1) is 0 Å². The molecule has 13 heavy (non-hydrogen) atoms. The fourth-order valence-corrected chi connectivity index (χ4v) is 10.9. The van der Waals surface area contributed by atoms with E-state index in [1.165, 1.54) is 16.8 Å². The summed E-state index contributed by atoms with van der Waals surface area (Å²) in [5, 5.41) is 0. The van der Waals surface area contributed by atoms with Gasteiger partial charge in [0.2, 0.25) is 0 Å². The van der Waals surface area contributed by atoms with Crippen molar-refractivity contribution in [3.05, 3.63) is 0 Å². The number of rotatable bonds is 1. The van der Waals surface area contributed by atoms with Crippen LogP contribution < -0.4 is 21.2 Å². The summed E-state index contributed by atoms with van der Waals surface area (Å²) in [5.74, 6) is 1.11. The molecular formula is C11H19I2-. The molecule has 0 spiro atoms. The SMILES string of the molecule is C[I-]C1C[C@H]2I=CCC[C@H]2C1(C)C. The van der Waals surface area contributed by atoms with E-state index in [0.29, 0.717) is 47.4 Å². The fourth-order valence-electron chi connectivity index (χ4n) is 2.85. The summed E-state index contributed by atoms with van der Waals surface area (Å²) in [6.07, 6.45) is 4.55. The van der Waals surface area contributed by atoms with Crippen molar-refractivity contribution in [2.75, 3.05) is 4.93 Å². The average Bonchev–Trinajstić information content (AvgIpc) is 2.39. The zero-order valence-corrected chi connectivity index (χ0v) is 13.0. The van der Waals surface area contributed by atoms with Crippen molar-refractivity contribution in [2.24, 2.45) is 11.3 Å². The van der Waals surface area contributed by atoms with Crippen LogP contribution in [0.4, 0.5) is 0 Å². The van der Waals surface area contributed by atoms with E-state index in [9.17, 15) is 0 Å². The molecule has 0 saturated heterocycles. The van der Waals surface area contributed by atoms with Gasteiger partial charge in [-0.3, -0.25) is 0 Å². The van der Waals surface area contributed by atoms with E-state index in [0.717, 1.165) is 9.84 Å². The number of alkyl halides is 3. The Hall–Kier alpha value is 1.33. The first-order valence-corrected chi connectivity index (χ1v) is 11.0. The minimum absolute atomic E-state index is 0.471. The van der Waals surface area contributed by atoms with Gasteiger partial charge in [0.25, 0.3) is 0 Å². The summed E-state index contributed by atoms with van der Waals surface area (Å²) < 4.78 is 4.95. The molecule has 0 N–H and O–H groups in total. The van der Waals surface area contributed by atoms with Crippen molar-refractivity contribution in [3.8, 4) is 0 Å². The Morgan fingerprint density at radius 1 is 1.46 bits per heavy atom. The summed E-state index contributed by atoms with van der Waals surface area (Å²) in [7, 11) is 0. The first kappa shape index (κ1) is 10.8. The molecule has 1 fully saturated rings. The molecule has 78 valence electrons. The van der Waals surface area contributed by atoms with Gasteiger partial charge in [-0.25, -0.2) is 0 Å². The third-order valence-corrected chi connectivity index (χ3v) is 10.8. The predicted octanol–water partition coefficient (Wildman–Crippen LogP) is 0.0552. The van der Waals surface area contributed by atoms with Gasteiger partial charge in [0.05, 0.1) is 0 Å². The van der Waals surface area contributed by atoms with Crippen molar-refractivity contribution in [3.63, 3.8) is 0 Å². The molecule has 2 rings (SSSR count). The van der Waals surface area contributed by atoms with Crippen LogP contribution in [0.1, 0.15) is 33.1 Å². The standard InChI is InChI=1S/C11H19I2/c1-11(2)8-5-4-6-13-9(8)7-10(11)12-3/h6,8-10H,4-5,7H2,1-3H3/q-1/t8-,9-,10?/m1/s1. The summed E-state index contributed by atoms with van der Waals surface area (Å²) in [6.45, 7) is 5.11. The van der Waals surface area contributed by atoms with Crippen molar-refractivity contribution in [2.45, 2.75) is 41.0 Å². The summed E-state index contributed by atoms with van der Waals surface area (Å²) in [4.78, 5) is 2.49. The van der Waals surface area contributed by atoms with Crippen LogP contribution in [0.25, 0.3) is 0 Å². The topological polar surface area (TPSA) is 0 Å². The molecule has 1 heterocycles. The summed E-state index contributed by atoms with van der Waals surface area (Å²) in [6, 6.07) is 0. The first-order chi connectivity index (χ1) is 6.16. The van der Waals surface area contributed by atoms with Gasteiger partial charge in [0.15, 0.2) is 0 Å². The molecule has 0 radical (unpaired) electrons. The average molecular weight is 405 g/mol. The third-order valence-electron chi connectivity index (χ3n) is 3.73. The van der Waals surface area contributed by atoms with Gasteiger partial charge in [-0.1, -0.05) is 0 Å². The molecule has 0 amide bonds. The fraction of sp³-hybridized carbons (Fsp3) is 0.909. The Bertz CT molecular complexity index is 220. The molecule has 1 aliphatic heterocycles. The van der Waals surface area contributed by atoms with Crippen LogP contribution in [0.2, 0.25) is 0 Å². The van der Waals surface area contributed by atoms with E-state index in [1.54, 1.807) is 6.42 Å². The molecular weight excluding hydrogens is 386 g/mol. The van der Waals surface area contributed by atoms with Gasteiger partial charge in [0, 0.05) is 0 Å². The Morgan fingerprint density at radius 3 is 2.85 bits per heavy atom. The third kappa shape index (κ3) is 1.86. The molecule has 3 atom stereocenters. The second-order valence-corrected chi connectivity index (χ2v) is 10.7. The zero-order valence-electron chi connectivity index (χ0n) is 8.69. The number of halogens is 2. The van der Waals surface area contributed by atoms with Gasteiger partial charge in [0.1, 0.15) is 0 Å². The monoisotopic (exact) mass is 405 g/mol. The first-order valence-electron chi connectivity index (χ1n) is 5.08. The van der Waals surface area contributed by atoms with Crippen LogP contribution in [0.5, 0.6) is 0 Å². The molecule has 1 aliphatic carbocycles. The normalized spacial score (nSPS) is 42.8. The molecule has 2 aliphatic rings. The van der Waals surface area contributed by atoms with Gasteiger partial charge >= 0.3 is 103 Å². The molecule has 0 nitrogen and oxygen atoms in total. The van der Waals surface area contributed by atoms with E-state index in [2.05, 4.69) is 22.8 Å². The summed E-state index contributed by atoms with van der Waals surface area (Å²) >= 11 is 0.950. The van der Waals surface area contributed by atoms with Crippen LogP contribution in [0.15, 0.2) is 0 Å². The molecule has 0 aromatic rings. The molecule has 0 aromatic carbocycles. The Kier molecular flexibility index (Phi) is 3.39. The second-order valence-electron chi connectivity index (χ2n) is 4.72. The molecule has 2 heteroatoms. The molecule has 1 unspecified atom stereocenters. The second kappa shape index (κ2) is 4.06. The van der Waals surface area contributed by atoms with Gasteiger partial charge in [-0.2, -0.15) is 0 Å². The van der Waals surface area contributed by atoms with Crippen LogP contribution >= 0.6 is 20.7 Å². The maximum atomic E-state index is 2.65. The molecule has 0 bridgehead atoms. The van der Waals surface area contributed by atoms with E-state index in [4.69, 9.17) is 0 Å². The number of hydrogen-bond donors (Lipinski definition) is 0. The Balaban J connectivity index is 2.21. The summed E-state index contributed by atoms with van der Waals surface area (Å²) in [5.41, 5.74) is 0.709. The van der Waals surface area contributed by atoms with Crippen molar-refractivity contribution < 1.29 is 21.2 Å². The van der Waals surface area contributed by atoms with Crippen molar-refractivity contribution >= 4 is 24.7 Å². The van der Waals surface area contributed by atoms with Crippen molar-refractivity contribution in [1.29, 1.82) is 0 Å². The Labute approximate surface area is 102 Å². The quantitative estimate of drug-likeness (QED) is 0.428. The van der Waals surface area contributed by atoms with E-state index < -0.39 is 0 Å². The maximum absolute atomic E-state index is 2.65. The molecule has 0 aromatic heterocycles. The Morgan fingerprint density at radius 2 is 2.23 bits per heavy atom. The number of hydrogen-bond acceptors (Lipinski definition) is 0. The van der Waals surface area contributed by atoms with Gasteiger partial charge in [-0.05, 0) is 0 Å². The zero-order chi connectivity index (χ0) is 9.47. The minimum atomic E-state index is 0.471. The van der Waals surface area contributed by atoms with E-state index in [-0.39, 0.29) is 0 Å². The number of fused-ring (bicyclic) bond motifs is 1. The van der Waals surface area contributed by atoms with Crippen LogP contribution in [-0.2, 0) is 0 Å². The van der Waals surface area contributed by atoms with E-state index in [1.807, 2.05) is 0 Å². The molecule has 1 saturated carbocycles. The van der Waals surface area contributed by atoms with Crippen LogP contribution in [-0.4, -0.2) is 16.8 Å². The van der Waals surface area contributed by atoms with Crippen LogP contribution in [0.3, 0.4) is 0 Å². The van der Waals surface area contributed by atoms with E-state index >= 15 is 0 Å². The van der Waals surface area contributed by atoms with Crippen molar-refractivity contribution in [1.82, 2.24) is 0 Å².